The molecule has 0 radical (unpaired) electrons. The van der Waals surface area contributed by atoms with Crippen LogP contribution in [0, 0.1) is 10.8 Å². The Labute approximate surface area is 310 Å². The highest BCUT2D eigenvalue weighted by Crippen LogP contribution is 2.16. The lowest BCUT2D eigenvalue weighted by Crippen LogP contribution is -2.22. The summed E-state index contributed by atoms with van der Waals surface area (Å²) in [5.41, 5.74) is -0.451. The second-order valence-corrected chi connectivity index (χ2v) is 13.0. The fourth-order valence-electron chi connectivity index (χ4n) is 2.98. The molecule has 0 aromatic carbocycles. The van der Waals surface area contributed by atoms with Crippen LogP contribution in [0.5, 0.6) is 0 Å². The van der Waals surface area contributed by atoms with E-state index in [9.17, 15) is 9.59 Å². The van der Waals surface area contributed by atoms with Gasteiger partial charge in [-0.05, 0) is 6.92 Å². The van der Waals surface area contributed by atoms with E-state index in [1.165, 1.54) is 0 Å². The summed E-state index contributed by atoms with van der Waals surface area (Å²) >= 11 is 0. The second kappa shape index (κ2) is 40.1. The van der Waals surface area contributed by atoms with Gasteiger partial charge in [0.05, 0.1) is 152 Å². The molecule has 0 N–H and O–H groups in total. The first-order valence-electron chi connectivity index (χ1n) is 17.8. The van der Waals surface area contributed by atoms with Crippen molar-refractivity contribution >= 4 is 11.6 Å². The number of methoxy groups -OCH3 is 1. The zero-order chi connectivity index (χ0) is 37.6. The molecule has 0 unspecified atom stereocenters. The summed E-state index contributed by atoms with van der Waals surface area (Å²) in [5, 5.41) is 0. The van der Waals surface area contributed by atoms with E-state index in [2.05, 4.69) is 0 Å². The number of ether oxygens (including phenoxy) is 12. The molecule has 0 saturated carbocycles. The van der Waals surface area contributed by atoms with Gasteiger partial charge in [-0.15, -0.1) is 0 Å². The highest BCUT2D eigenvalue weighted by molar-refractivity contribution is 5.83. The minimum atomic E-state index is -0.312. The standard InChI is InChI=1S/C30H60O13.C6H12O.CH4/c1-30(2,3)29(31)5-6-33-9-10-35-13-14-37-17-18-39-21-22-41-25-26-43-28-27-42-24-23-40-20-19-38-16-15-36-12-11-34-8-7-32-4;1-5(7)6(2,3)4;/h5-28H2,1-4H3;1-4H3;1H4. The van der Waals surface area contributed by atoms with E-state index in [1.54, 1.807) is 14.0 Å². The first-order chi connectivity index (χ1) is 23.9. The number of hydrogen-bond donors (Lipinski definition) is 0. The van der Waals surface area contributed by atoms with E-state index in [0.29, 0.717) is 158 Å². The van der Waals surface area contributed by atoms with E-state index < -0.39 is 0 Å². The number of hydrogen-bond acceptors (Lipinski definition) is 14. The molecule has 51 heavy (non-hydrogen) atoms. The van der Waals surface area contributed by atoms with Crippen LogP contribution in [0.25, 0.3) is 0 Å². The van der Waals surface area contributed by atoms with Crippen LogP contribution in [-0.2, 0) is 66.4 Å². The third-order valence-corrected chi connectivity index (χ3v) is 6.52. The Kier molecular flexibility index (Phi) is 42.6. The number of carbonyl (C=O) groups excluding carboxylic acids is 2. The van der Waals surface area contributed by atoms with Crippen molar-refractivity contribution in [2.24, 2.45) is 10.8 Å². The Bertz CT molecular complexity index is 725. The van der Waals surface area contributed by atoms with Crippen LogP contribution in [0.2, 0.25) is 0 Å². The smallest absolute Gasteiger partial charge is 0.140 e. The minimum Gasteiger partial charge on any atom is -0.382 e. The van der Waals surface area contributed by atoms with E-state index in [4.69, 9.17) is 56.8 Å². The average molecular weight is 745 g/mol. The molecule has 0 atom stereocenters. The summed E-state index contributed by atoms with van der Waals surface area (Å²) in [5.74, 6) is 0.446. The van der Waals surface area contributed by atoms with E-state index in [1.807, 2.05) is 41.5 Å². The molecule has 14 heteroatoms. The Morgan fingerprint density at radius 2 is 0.529 bits per heavy atom. The molecule has 308 valence electrons. The average Bonchev–Trinajstić information content (AvgIpc) is 3.05. The highest BCUT2D eigenvalue weighted by Gasteiger charge is 2.20. The lowest BCUT2D eigenvalue weighted by atomic mass is 9.89. The van der Waals surface area contributed by atoms with Gasteiger partial charge in [0.1, 0.15) is 11.6 Å². The number of carbonyl (C=O) groups is 2. The van der Waals surface area contributed by atoms with E-state index >= 15 is 0 Å². The van der Waals surface area contributed by atoms with Gasteiger partial charge in [-0.2, -0.15) is 0 Å². The van der Waals surface area contributed by atoms with Crippen LogP contribution in [0.3, 0.4) is 0 Å². The molecule has 0 saturated heterocycles. The van der Waals surface area contributed by atoms with Crippen LogP contribution in [0.4, 0.5) is 0 Å². The molecular formula is C37H76O14. The van der Waals surface area contributed by atoms with Crippen LogP contribution < -0.4 is 0 Å². The predicted octanol–water partition coefficient (Wildman–Crippen LogP) is 4.08. The van der Waals surface area contributed by atoms with Crippen molar-refractivity contribution in [3.05, 3.63) is 0 Å². The summed E-state index contributed by atoms with van der Waals surface area (Å²) in [4.78, 5) is 22.2. The first-order valence-corrected chi connectivity index (χ1v) is 17.8. The molecule has 14 nitrogen and oxygen atoms in total. The predicted molar refractivity (Wildman–Crippen MR) is 197 cm³/mol. The third kappa shape index (κ3) is 46.8. The maximum atomic E-state index is 11.8. The largest absolute Gasteiger partial charge is 0.382 e. The van der Waals surface area contributed by atoms with Gasteiger partial charge in [0.15, 0.2) is 0 Å². The van der Waals surface area contributed by atoms with Crippen molar-refractivity contribution < 1.29 is 66.4 Å². The summed E-state index contributed by atoms with van der Waals surface area (Å²) in [6, 6.07) is 0. The summed E-state index contributed by atoms with van der Waals surface area (Å²) in [7, 11) is 1.64. The van der Waals surface area contributed by atoms with Gasteiger partial charge in [-0.1, -0.05) is 49.0 Å². The molecule has 0 aliphatic carbocycles. The van der Waals surface area contributed by atoms with Gasteiger partial charge < -0.3 is 56.8 Å². The molecular weight excluding hydrogens is 668 g/mol. The van der Waals surface area contributed by atoms with Gasteiger partial charge in [-0.25, -0.2) is 0 Å². The van der Waals surface area contributed by atoms with Gasteiger partial charge in [0.25, 0.3) is 0 Å². The van der Waals surface area contributed by atoms with Crippen molar-refractivity contribution in [2.75, 3.05) is 159 Å². The van der Waals surface area contributed by atoms with Crippen LogP contribution in [0.15, 0.2) is 0 Å². The molecule has 0 aromatic heterocycles. The summed E-state index contributed by atoms with van der Waals surface area (Å²) < 4.78 is 64.6. The van der Waals surface area contributed by atoms with Crippen molar-refractivity contribution in [3.63, 3.8) is 0 Å². The highest BCUT2D eigenvalue weighted by atomic mass is 16.6. The Morgan fingerprint density at radius 1 is 0.353 bits per heavy atom. The second-order valence-electron chi connectivity index (χ2n) is 13.0. The molecule has 0 heterocycles. The number of Topliss-reactive ketones (excluding diaryl/α,β-unsaturated/α-hetero) is 2. The molecule has 0 aliphatic heterocycles. The van der Waals surface area contributed by atoms with Gasteiger partial charge in [0.2, 0.25) is 0 Å². The number of rotatable bonds is 36. The maximum absolute atomic E-state index is 11.8. The zero-order valence-corrected chi connectivity index (χ0v) is 32.7. The molecule has 0 rings (SSSR count). The summed E-state index contributed by atoms with van der Waals surface area (Å²) in [6.07, 6.45) is 0.433. The zero-order valence-electron chi connectivity index (χ0n) is 32.7. The van der Waals surface area contributed by atoms with E-state index in [-0.39, 0.29) is 29.8 Å². The van der Waals surface area contributed by atoms with Crippen LogP contribution in [-0.4, -0.2) is 171 Å². The first kappa shape index (κ1) is 54.2. The summed E-state index contributed by atoms with van der Waals surface area (Å²) in [6.45, 7) is 24.9. The van der Waals surface area contributed by atoms with Crippen molar-refractivity contribution in [2.45, 2.75) is 62.3 Å². The third-order valence-electron chi connectivity index (χ3n) is 6.52. The topological polar surface area (TPSA) is 145 Å². The Morgan fingerprint density at radius 3 is 0.686 bits per heavy atom. The molecule has 0 spiro atoms. The monoisotopic (exact) mass is 745 g/mol. The maximum Gasteiger partial charge on any atom is 0.140 e. The quantitative estimate of drug-likeness (QED) is 0.0850. The van der Waals surface area contributed by atoms with Gasteiger partial charge in [-0.3, -0.25) is 9.59 Å². The molecule has 0 fully saturated rings. The van der Waals surface area contributed by atoms with Gasteiger partial charge in [0, 0.05) is 24.4 Å². The van der Waals surface area contributed by atoms with Crippen LogP contribution in [0.1, 0.15) is 62.3 Å². The molecule has 0 aromatic rings. The number of ketones is 2. The minimum absolute atomic E-state index is 0. The fourth-order valence-corrected chi connectivity index (χ4v) is 2.98. The SMILES string of the molecule is C.CC(=O)C(C)(C)C.COCCOCCOCCOCCOCCOCCOCCOCCOCCOCCOCCOCCC(=O)C(C)(C)C. The van der Waals surface area contributed by atoms with E-state index in [0.717, 1.165) is 0 Å². The molecule has 0 amide bonds. The molecule has 0 aliphatic rings. The van der Waals surface area contributed by atoms with Crippen LogP contribution >= 0.6 is 0 Å². The molecule has 0 bridgehead atoms. The Hall–Kier alpha value is -1.14. The Balaban J connectivity index is -0.00000259. The van der Waals surface area contributed by atoms with Crippen molar-refractivity contribution in [1.29, 1.82) is 0 Å². The lowest BCUT2D eigenvalue weighted by Gasteiger charge is -2.16. The van der Waals surface area contributed by atoms with Crippen molar-refractivity contribution in [1.82, 2.24) is 0 Å². The fraction of sp³-hybridized carbons (Fsp3) is 0.946. The normalized spacial score (nSPS) is 11.6. The lowest BCUT2D eigenvalue weighted by molar-refractivity contribution is -0.127. The van der Waals surface area contributed by atoms with Gasteiger partial charge >= 0.3 is 0 Å². The van der Waals surface area contributed by atoms with Crippen molar-refractivity contribution in [3.8, 4) is 0 Å².